The number of ether oxygens (including phenoxy) is 1. The molecule has 0 amide bonds. The van der Waals surface area contributed by atoms with Gasteiger partial charge in [-0.05, 0) is 32.1 Å². The molecule has 0 heterocycles. The molecule has 66 valence electrons. The van der Waals surface area contributed by atoms with Crippen molar-refractivity contribution in [1.29, 1.82) is 0 Å². The molecule has 2 nitrogen and oxygen atoms in total. The average molecular weight is 157 g/mol. The van der Waals surface area contributed by atoms with E-state index in [9.17, 15) is 0 Å². The number of hydrogen-bond donors (Lipinski definition) is 1. The van der Waals surface area contributed by atoms with Gasteiger partial charge in [-0.3, -0.25) is 0 Å². The SMILES string of the molecule is CCC1(OC)CCC(N)CC1. The van der Waals surface area contributed by atoms with Crippen molar-refractivity contribution >= 4 is 0 Å². The van der Waals surface area contributed by atoms with Crippen LogP contribution in [-0.4, -0.2) is 18.8 Å². The summed E-state index contributed by atoms with van der Waals surface area (Å²) in [5.74, 6) is 0. The minimum atomic E-state index is 0.163. The van der Waals surface area contributed by atoms with Crippen LogP contribution in [0.25, 0.3) is 0 Å². The van der Waals surface area contributed by atoms with Crippen molar-refractivity contribution in [3.05, 3.63) is 0 Å². The third kappa shape index (κ3) is 1.94. The quantitative estimate of drug-likeness (QED) is 0.662. The Balaban J connectivity index is 2.45. The molecule has 2 heteroatoms. The van der Waals surface area contributed by atoms with Crippen molar-refractivity contribution in [2.24, 2.45) is 5.73 Å². The Labute approximate surface area is 69.1 Å². The van der Waals surface area contributed by atoms with Gasteiger partial charge >= 0.3 is 0 Å². The lowest BCUT2D eigenvalue weighted by atomic mass is 9.81. The lowest BCUT2D eigenvalue weighted by Gasteiger charge is -2.37. The summed E-state index contributed by atoms with van der Waals surface area (Å²) in [6, 6.07) is 0.421. The molecule has 1 aliphatic rings. The van der Waals surface area contributed by atoms with Crippen LogP contribution in [0.3, 0.4) is 0 Å². The molecule has 0 aliphatic heterocycles. The average Bonchev–Trinajstić information content (AvgIpc) is 2.07. The molecule has 0 aromatic rings. The molecule has 11 heavy (non-hydrogen) atoms. The van der Waals surface area contributed by atoms with Crippen LogP contribution in [0.4, 0.5) is 0 Å². The van der Waals surface area contributed by atoms with Gasteiger partial charge in [0.2, 0.25) is 0 Å². The Morgan fingerprint density at radius 3 is 2.36 bits per heavy atom. The first-order chi connectivity index (χ1) is 5.22. The summed E-state index contributed by atoms with van der Waals surface area (Å²) >= 11 is 0. The molecule has 0 spiro atoms. The number of hydrogen-bond acceptors (Lipinski definition) is 2. The maximum absolute atomic E-state index is 5.81. The van der Waals surface area contributed by atoms with Gasteiger partial charge in [-0.25, -0.2) is 0 Å². The fourth-order valence-electron chi connectivity index (χ4n) is 1.87. The van der Waals surface area contributed by atoms with Crippen LogP contribution in [0.15, 0.2) is 0 Å². The second-order valence-corrected chi connectivity index (χ2v) is 3.58. The number of nitrogens with two attached hydrogens (primary N) is 1. The van der Waals surface area contributed by atoms with Gasteiger partial charge < -0.3 is 10.5 Å². The molecule has 0 radical (unpaired) electrons. The van der Waals surface area contributed by atoms with Crippen molar-refractivity contribution in [2.45, 2.75) is 50.7 Å². The van der Waals surface area contributed by atoms with Crippen LogP contribution in [-0.2, 0) is 4.74 Å². The van der Waals surface area contributed by atoms with Gasteiger partial charge in [0, 0.05) is 13.2 Å². The van der Waals surface area contributed by atoms with Crippen molar-refractivity contribution in [3.8, 4) is 0 Å². The summed E-state index contributed by atoms with van der Waals surface area (Å²) in [4.78, 5) is 0. The van der Waals surface area contributed by atoms with Crippen LogP contribution >= 0.6 is 0 Å². The van der Waals surface area contributed by atoms with Crippen LogP contribution in [0.2, 0.25) is 0 Å². The fraction of sp³-hybridized carbons (Fsp3) is 1.00. The maximum Gasteiger partial charge on any atom is 0.0677 e. The highest BCUT2D eigenvalue weighted by molar-refractivity contribution is 4.87. The Kier molecular flexibility index (Phi) is 2.90. The summed E-state index contributed by atoms with van der Waals surface area (Å²) in [5, 5.41) is 0. The van der Waals surface area contributed by atoms with Crippen molar-refractivity contribution in [3.63, 3.8) is 0 Å². The topological polar surface area (TPSA) is 35.2 Å². The molecule has 0 saturated heterocycles. The van der Waals surface area contributed by atoms with Gasteiger partial charge in [-0.15, -0.1) is 0 Å². The van der Waals surface area contributed by atoms with E-state index >= 15 is 0 Å². The van der Waals surface area contributed by atoms with E-state index in [0.717, 1.165) is 32.1 Å². The summed E-state index contributed by atoms with van der Waals surface area (Å²) in [6.45, 7) is 2.19. The first-order valence-corrected chi connectivity index (χ1v) is 4.53. The van der Waals surface area contributed by atoms with E-state index in [2.05, 4.69) is 6.92 Å². The third-order valence-corrected chi connectivity index (χ3v) is 3.02. The van der Waals surface area contributed by atoms with E-state index in [4.69, 9.17) is 10.5 Å². The van der Waals surface area contributed by atoms with Gasteiger partial charge in [-0.2, -0.15) is 0 Å². The zero-order valence-electron chi connectivity index (χ0n) is 7.60. The lowest BCUT2D eigenvalue weighted by molar-refractivity contribution is -0.0448. The first-order valence-electron chi connectivity index (χ1n) is 4.53. The zero-order chi connectivity index (χ0) is 8.32. The first kappa shape index (κ1) is 9.01. The van der Waals surface area contributed by atoms with E-state index in [1.165, 1.54) is 0 Å². The highest BCUT2D eigenvalue weighted by atomic mass is 16.5. The standard InChI is InChI=1S/C9H19NO/c1-3-9(11-2)6-4-8(10)5-7-9/h8H,3-7,10H2,1-2H3. The Morgan fingerprint density at radius 2 is 2.00 bits per heavy atom. The molecule has 0 unspecified atom stereocenters. The minimum Gasteiger partial charge on any atom is -0.378 e. The molecule has 1 rings (SSSR count). The van der Waals surface area contributed by atoms with Gasteiger partial charge in [0.1, 0.15) is 0 Å². The van der Waals surface area contributed by atoms with Crippen LogP contribution in [0.1, 0.15) is 39.0 Å². The van der Waals surface area contributed by atoms with Crippen molar-refractivity contribution < 1.29 is 4.74 Å². The minimum absolute atomic E-state index is 0.163. The summed E-state index contributed by atoms with van der Waals surface area (Å²) in [7, 11) is 1.82. The zero-order valence-corrected chi connectivity index (χ0v) is 7.60. The van der Waals surface area contributed by atoms with E-state index in [0.29, 0.717) is 6.04 Å². The third-order valence-electron chi connectivity index (χ3n) is 3.02. The molecule has 1 fully saturated rings. The fourth-order valence-corrected chi connectivity index (χ4v) is 1.87. The molecule has 0 atom stereocenters. The predicted octanol–water partition coefficient (Wildman–Crippen LogP) is 1.68. The van der Waals surface area contributed by atoms with E-state index in [1.807, 2.05) is 7.11 Å². The molecule has 0 aromatic carbocycles. The molecule has 0 aromatic heterocycles. The number of rotatable bonds is 2. The second kappa shape index (κ2) is 3.55. The Morgan fingerprint density at radius 1 is 1.45 bits per heavy atom. The maximum atomic E-state index is 5.81. The van der Waals surface area contributed by atoms with Gasteiger partial charge in [0.25, 0.3) is 0 Å². The van der Waals surface area contributed by atoms with Crippen molar-refractivity contribution in [2.75, 3.05) is 7.11 Å². The molecule has 2 N–H and O–H groups in total. The molecule has 0 bridgehead atoms. The van der Waals surface area contributed by atoms with E-state index in [-0.39, 0.29) is 5.60 Å². The predicted molar refractivity (Wildman–Crippen MR) is 46.5 cm³/mol. The highest BCUT2D eigenvalue weighted by Gasteiger charge is 2.32. The second-order valence-electron chi connectivity index (χ2n) is 3.58. The summed E-state index contributed by atoms with van der Waals surface area (Å²) < 4.78 is 5.52. The van der Waals surface area contributed by atoms with E-state index < -0.39 is 0 Å². The normalized spacial score (nSPS) is 39.0. The van der Waals surface area contributed by atoms with Gasteiger partial charge in [-0.1, -0.05) is 6.92 Å². The molecule has 1 saturated carbocycles. The van der Waals surface area contributed by atoms with Crippen molar-refractivity contribution in [1.82, 2.24) is 0 Å². The largest absolute Gasteiger partial charge is 0.378 e. The van der Waals surface area contributed by atoms with Crippen LogP contribution in [0.5, 0.6) is 0 Å². The smallest absolute Gasteiger partial charge is 0.0677 e. The highest BCUT2D eigenvalue weighted by Crippen LogP contribution is 2.32. The molecular formula is C9H19NO. The Hall–Kier alpha value is -0.0800. The number of methoxy groups -OCH3 is 1. The van der Waals surface area contributed by atoms with Crippen LogP contribution in [0, 0.1) is 0 Å². The Bertz CT molecular complexity index is 111. The monoisotopic (exact) mass is 157 g/mol. The van der Waals surface area contributed by atoms with E-state index in [1.54, 1.807) is 0 Å². The molecular weight excluding hydrogens is 138 g/mol. The molecule has 1 aliphatic carbocycles. The summed E-state index contributed by atoms with van der Waals surface area (Å²) in [6.07, 6.45) is 5.65. The van der Waals surface area contributed by atoms with Gasteiger partial charge in [0.05, 0.1) is 5.60 Å². The summed E-state index contributed by atoms with van der Waals surface area (Å²) in [5.41, 5.74) is 5.97. The van der Waals surface area contributed by atoms with Gasteiger partial charge in [0.15, 0.2) is 0 Å². The van der Waals surface area contributed by atoms with Crippen LogP contribution < -0.4 is 5.73 Å². The lowest BCUT2D eigenvalue weighted by Crippen LogP contribution is -2.39.